The molecule has 0 fully saturated rings. The summed E-state index contributed by atoms with van der Waals surface area (Å²) in [4.78, 5) is 11.8. The lowest BCUT2D eigenvalue weighted by molar-refractivity contribution is -0.117. The second-order valence-electron chi connectivity index (χ2n) is 3.94. The lowest BCUT2D eigenvalue weighted by atomic mass is 10.1. The van der Waals surface area contributed by atoms with Crippen LogP contribution in [0.4, 0.5) is 5.69 Å². The Labute approximate surface area is 111 Å². The molecule has 0 radical (unpaired) electrons. The van der Waals surface area contributed by atoms with Crippen molar-refractivity contribution in [2.45, 2.75) is 32.7 Å². The Kier molecular flexibility index (Phi) is 5.25. The molecular formula is C12H16Cl2N2O. The monoisotopic (exact) mass is 274 g/mol. The fourth-order valence-corrected chi connectivity index (χ4v) is 1.89. The van der Waals surface area contributed by atoms with Crippen molar-refractivity contribution < 1.29 is 4.79 Å². The number of anilines is 1. The Morgan fingerprint density at radius 3 is 2.71 bits per heavy atom. The van der Waals surface area contributed by atoms with Gasteiger partial charge in [0, 0.05) is 0 Å². The van der Waals surface area contributed by atoms with Gasteiger partial charge in [-0.1, -0.05) is 42.6 Å². The van der Waals surface area contributed by atoms with E-state index in [1.54, 1.807) is 12.1 Å². The number of nitrogens with one attached hydrogen (secondary N) is 1. The summed E-state index contributed by atoms with van der Waals surface area (Å²) < 4.78 is 0. The summed E-state index contributed by atoms with van der Waals surface area (Å²) in [5.41, 5.74) is 7.01. The molecule has 1 aromatic rings. The third-order valence-corrected chi connectivity index (χ3v) is 3.27. The van der Waals surface area contributed by atoms with Crippen molar-refractivity contribution in [2.75, 3.05) is 5.32 Å². The fraction of sp³-hybridized carbons (Fsp3) is 0.417. The average molecular weight is 275 g/mol. The van der Waals surface area contributed by atoms with Crippen molar-refractivity contribution in [3.8, 4) is 0 Å². The molecule has 1 amide bonds. The number of hydrogen-bond acceptors (Lipinski definition) is 2. The second-order valence-corrected chi connectivity index (χ2v) is 4.72. The summed E-state index contributed by atoms with van der Waals surface area (Å²) in [5.74, 6) is -0.263. The van der Waals surface area contributed by atoms with Gasteiger partial charge in [-0.2, -0.15) is 0 Å². The first kappa shape index (κ1) is 14.3. The highest BCUT2D eigenvalue weighted by molar-refractivity contribution is 6.40. The Bertz CT molecular complexity index is 421. The van der Waals surface area contributed by atoms with Gasteiger partial charge in [0.15, 0.2) is 0 Å². The van der Waals surface area contributed by atoms with Gasteiger partial charge in [-0.3, -0.25) is 4.79 Å². The van der Waals surface area contributed by atoms with Gasteiger partial charge in [0.25, 0.3) is 0 Å². The van der Waals surface area contributed by atoms with E-state index in [1.807, 2.05) is 13.8 Å². The van der Waals surface area contributed by atoms with E-state index < -0.39 is 6.04 Å². The van der Waals surface area contributed by atoms with Crippen LogP contribution in [0.15, 0.2) is 12.1 Å². The number of hydrogen-bond donors (Lipinski definition) is 2. The lowest BCUT2D eigenvalue weighted by Crippen LogP contribution is -2.35. The second kappa shape index (κ2) is 6.24. The van der Waals surface area contributed by atoms with Gasteiger partial charge >= 0.3 is 0 Å². The zero-order valence-corrected chi connectivity index (χ0v) is 11.4. The number of aryl methyl sites for hydroxylation is 1. The van der Waals surface area contributed by atoms with Gasteiger partial charge in [0.1, 0.15) is 0 Å². The van der Waals surface area contributed by atoms with Crippen LogP contribution in [0.5, 0.6) is 0 Å². The number of carbonyl (C=O) groups excluding carboxylic acids is 1. The fourth-order valence-electron chi connectivity index (χ4n) is 1.43. The molecule has 1 rings (SSSR count). The van der Waals surface area contributed by atoms with E-state index in [0.717, 1.165) is 12.0 Å². The van der Waals surface area contributed by atoms with E-state index in [4.69, 9.17) is 28.9 Å². The normalized spacial score (nSPS) is 12.3. The Hall–Kier alpha value is -0.770. The summed E-state index contributed by atoms with van der Waals surface area (Å²) >= 11 is 12.1. The van der Waals surface area contributed by atoms with Crippen molar-refractivity contribution in [1.29, 1.82) is 0 Å². The van der Waals surface area contributed by atoms with Gasteiger partial charge in [0.05, 0.1) is 21.8 Å². The highest BCUT2D eigenvalue weighted by atomic mass is 35.5. The largest absolute Gasteiger partial charge is 0.322 e. The molecule has 1 atom stereocenters. The van der Waals surface area contributed by atoms with Crippen LogP contribution < -0.4 is 11.1 Å². The Morgan fingerprint density at radius 2 is 2.12 bits per heavy atom. The summed E-state index contributed by atoms with van der Waals surface area (Å²) in [6.07, 6.45) is 1.48. The molecule has 0 bridgehead atoms. The molecule has 1 aromatic carbocycles. The van der Waals surface area contributed by atoms with Crippen LogP contribution >= 0.6 is 23.2 Å². The molecule has 0 heterocycles. The smallest absolute Gasteiger partial charge is 0.241 e. The minimum atomic E-state index is -0.535. The molecule has 3 nitrogen and oxygen atoms in total. The number of benzene rings is 1. The number of carbonyl (C=O) groups is 1. The molecule has 17 heavy (non-hydrogen) atoms. The standard InChI is InChI=1S/C12H16Cl2N2O/c1-3-4-9(15)12(17)16-11-8(13)6-5-7(2)10(11)14/h5-6,9H,3-4,15H2,1-2H3,(H,16,17)/t9-/m0/s1. The summed E-state index contributed by atoms with van der Waals surface area (Å²) in [7, 11) is 0. The molecule has 5 heteroatoms. The van der Waals surface area contributed by atoms with E-state index in [1.165, 1.54) is 0 Å². The van der Waals surface area contributed by atoms with Crippen molar-refractivity contribution in [3.05, 3.63) is 27.7 Å². The Morgan fingerprint density at radius 1 is 1.47 bits per heavy atom. The maximum Gasteiger partial charge on any atom is 0.241 e. The summed E-state index contributed by atoms with van der Waals surface area (Å²) in [6, 6.07) is 2.96. The van der Waals surface area contributed by atoms with Crippen molar-refractivity contribution >= 4 is 34.8 Å². The van der Waals surface area contributed by atoms with Crippen molar-refractivity contribution in [2.24, 2.45) is 5.73 Å². The van der Waals surface area contributed by atoms with Gasteiger partial charge in [0.2, 0.25) is 5.91 Å². The SMILES string of the molecule is CCC[C@H](N)C(=O)Nc1c(Cl)ccc(C)c1Cl. The molecule has 3 N–H and O–H groups in total. The van der Waals surface area contributed by atoms with Crippen LogP contribution in [-0.4, -0.2) is 11.9 Å². The first-order valence-corrected chi connectivity index (χ1v) is 6.24. The molecule has 0 unspecified atom stereocenters. The number of halogens is 2. The van der Waals surface area contributed by atoms with Gasteiger partial charge < -0.3 is 11.1 Å². The van der Waals surface area contributed by atoms with E-state index in [-0.39, 0.29) is 5.91 Å². The molecule has 0 aliphatic rings. The molecule has 0 aliphatic carbocycles. The maximum atomic E-state index is 11.8. The average Bonchev–Trinajstić information content (AvgIpc) is 2.29. The number of nitrogens with two attached hydrogens (primary N) is 1. The van der Waals surface area contributed by atoms with Crippen LogP contribution in [0.3, 0.4) is 0 Å². The quantitative estimate of drug-likeness (QED) is 0.885. The lowest BCUT2D eigenvalue weighted by Gasteiger charge is -2.14. The highest BCUT2D eigenvalue weighted by Crippen LogP contribution is 2.32. The van der Waals surface area contributed by atoms with E-state index in [9.17, 15) is 4.79 Å². The van der Waals surface area contributed by atoms with Crippen LogP contribution in [0.2, 0.25) is 10.0 Å². The summed E-state index contributed by atoms with van der Waals surface area (Å²) in [5, 5.41) is 3.54. The minimum absolute atomic E-state index is 0.263. The predicted molar refractivity (Wildman–Crippen MR) is 72.7 cm³/mol. The van der Waals surface area contributed by atoms with Gasteiger partial charge in [-0.05, 0) is 25.0 Å². The molecular weight excluding hydrogens is 259 g/mol. The zero-order chi connectivity index (χ0) is 13.0. The highest BCUT2D eigenvalue weighted by Gasteiger charge is 2.16. The first-order chi connectivity index (χ1) is 7.97. The molecule has 94 valence electrons. The van der Waals surface area contributed by atoms with E-state index in [0.29, 0.717) is 22.2 Å². The number of rotatable bonds is 4. The van der Waals surface area contributed by atoms with Crippen LogP contribution in [-0.2, 0) is 4.79 Å². The van der Waals surface area contributed by atoms with Crippen LogP contribution in [0.25, 0.3) is 0 Å². The van der Waals surface area contributed by atoms with E-state index >= 15 is 0 Å². The first-order valence-electron chi connectivity index (χ1n) is 5.48. The van der Waals surface area contributed by atoms with Crippen molar-refractivity contribution in [3.63, 3.8) is 0 Å². The Balaban J connectivity index is 2.88. The van der Waals surface area contributed by atoms with E-state index in [2.05, 4.69) is 5.32 Å². The molecule has 0 saturated carbocycles. The van der Waals surface area contributed by atoms with Crippen LogP contribution in [0, 0.1) is 6.92 Å². The topological polar surface area (TPSA) is 55.1 Å². The molecule has 0 spiro atoms. The zero-order valence-electron chi connectivity index (χ0n) is 9.89. The van der Waals surface area contributed by atoms with Gasteiger partial charge in [-0.15, -0.1) is 0 Å². The summed E-state index contributed by atoms with van der Waals surface area (Å²) in [6.45, 7) is 3.82. The van der Waals surface area contributed by atoms with Gasteiger partial charge in [-0.25, -0.2) is 0 Å². The predicted octanol–water partition coefficient (Wildman–Crippen LogP) is 3.37. The minimum Gasteiger partial charge on any atom is -0.322 e. The van der Waals surface area contributed by atoms with Crippen molar-refractivity contribution in [1.82, 2.24) is 0 Å². The molecule has 0 aromatic heterocycles. The molecule has 0 aliphatic heterocycles. The third kappa shape index (κ3) is 3.60. The third-order valence-electron chi connectivity index (χ3n) is 2.47. The molecule has 0 saturated heterocycles. The number of amides is 1. The maximum absolute atomic E-state index is 11.8. The van der Waals surface area contributed by atoms with Crippen LogP contribution in [0.1, 0.15) is 25.3 Å².